The van der Waals surface area contributed by atoms with Gasteiger partial charge in [-0.15, -0.1) is 0 Å². The molecule has 6 bridgehead atoms. The molecule has 4 atom stereocenters. The highest BCUT2D eigenvalue weighted by molar-refractivity contribution is 5.96. The third-order valence-electron chi connectivity index (χ3n) is 14.8. The van der Waals surface area contributed by atoms with Gasteiger partial charge in [0.2, 0.25) is 11.8 Å². The van der Waals surface area contributed by atoms with E-state index in [2.05, 4.69) is 28.8 Å². The van der Waals surface area contributed by atoms with Crippen molar-refractivity contribution in [1.82, 2.24) is 45.0 Å². The number of esters is 1. The second kappa shape index (κ2) is 21.6. The fourth-order valence-electron chi connectivity index (χ4n) is 10.9. The number of likely N-dealkylation sites (N-methyl/N-ethyl adjacent to an activating group) is 1. The van der Waals surface area contributed by atoms with Gasteiger partial charge >= 0.3 is 12.0 Å². The van der Waals surface area contributed by atoms with E-state index in [1.165, 1.54) is 28.1 Å². The molecular formula is C54H69F2N9O8. The Morgan fingerprint density at radius 3 is 2.51 bits per heavy atom. The first-order valence-electron chi connectivity index (χ1n) is 25.3. The Hall–Kier alpha value is -6.31. The van der Waals surface area contributed by atoms with Crippen molar-refractivity contribution in [2.24, 2.45) is 11.3 Å². The van der Waals surface area contributed by atoms with Crippen LogP contribution in [0.4, 0.5) is 13.6 Å². The van der Waals surface area contributed by atoms with E-state index in [4.69, 9.17) is 24.2 Å². The molecule has 1 aromatic carbocycles. The minimum atomic E-state index is -2.90. The molecule has 3 aromatic heterocycles. The number of likely N-dealkylation sites (tertiary alicyclic amines) is 1. The predicted molar refractivity (Wildman–Crippen MR) is 270 cm³/mol. The Bertz CT molecular complexity index is 2750. The summed E-state index contributed by atoms with van der Waals surface area (Å²) >= 11 is 0. The van der Waals surface area contributed by atoms with Crippen LogP contribution in [0.3, 0.4) is 0 Å². The molecule has 0 unspecified atom stereocenters. The van der Waals surface area contributed by atoms with Crippen molar-refractivity contribution in [2.75, 3.05) is 53.7 Å². The lowest BCUT2D eigenvalue weighted by molar-refractivity contribution is -0.155. The number of nitrogens with zero attached hydrogens (tertiary/aromatic N) is 7. The van der Waals surface area contributed by atoms with Gasteiger partial charge in [-0.05, 0) is 99.9 Å². The second-order valence-corrected chi connectivity index (χ2v) is 21.0. The molecule has 3 fully saturated rings. The molecule has 3 saturated heterocycles. The van der Waals surface area contributed by atoms with Gasteiger partial charge in [0.25, 0.3) is 12.3 Å². The number of hydrogen-bond acceptors (Lipinski definition) is 11. The number of pyridine rings is 2. The largest absolute Gasteiger partial charge is 0.464 e. The van der Waals surface area contributed by atoms with Crippen molar-refractivity contribution >= 4 is 40.6 Å². The fraction of sp³-hybridized carbons (Fsp3) is 0.537. The number of fused-ring (bicyclic) bond motifs is 6. The maximum atomic E-state index is 15.0. The zero-order chi connectivity index (χ0) is 52.5. The highest BCUT2D eigenvalue weighted by Crippen LogP contribution is 2.42. The topological polar surface area (TPSA) is 181 Å². The van der Waals surface area contributed by atoms with Crippen molar-refractivity contribution in [3.05, 3.63) is 83.8 Å². The van der Waals surface area contributed by atoms with E-state index in [0.717, 1.165) is 33.4 Å². The maximum absolute atomic E-state index is 15.0. The van der Waals surface area contributed by atoms with Crippen molar-refractivity contribution in [1.29, 1.82) is 0 Å². The van der Waals surface area contributed by atoms with Crippen LogP contribution in [0.25, 0.3) is 33.4 Å². The van der Waals surface area contributed by atoms with Gasteiger partial charge in [0, 0.05) is 91.7 Å². The number of methoxy groups -OCH3 is 1. The van der Waals surface area contributed by atoms with E-state index in [0.29, 0.717) is 63.8 Å². The number of benzene rings is 1. The van der Waals surface area contributed by atoms with Crippen molar-refractivity contribution in [3.8, 4) is 22.5 Å². The fourth-order valence-corrected chi connectivity index (χ4v) is 10.9. The molecule has 0 saturated carbocycles. The smallest absolute Gasteiger partial charge is 0.324 e. The maximum Gasteiger partial charge on any atom is 0.324 e. The molecule has 8 rings (SSSR count). The summed E-state index contributed by atoms with van der Waals surface area (Å²) < 4.78 is 50.2. The average molecular weight is 1010 g/mol. The van der Waals surface area contributed by atoms with Gasteiger partial charge in [-0.25, -0.2) is 19.0 Å². The van der Waals surface area contributed by atoms with Crippen LogP contribution in [-0.4, -0.2) is 141 Å². The van der Waals surface area contributed by atoms with Gasteiger partial charge in [-0.1, -0.05) is 40.3 Å². The number of piperidine rings is 1. The molecule has 4 aromatic rings. The molecule has 73 heavy (non-hydrogen) atoms. The van der Waals surface area contributed by atoms with Crippen LogP contribution in [0.1, 0.15) is 102 Å². The molecule has 392 valence electrons. The number of hydrogen-bond donors (Lipinski definition) is 2. The van der Waals surface area contributed by atoms with Crippen molar-refractivity contribution < 1.29 is 47.0 Å². The van der Waals surface area contributed by atoms with E-state index < -0.39 is 65.3 Å². The highest BCUT2D eigenvalue weighted by Gasteiger charge is 2.45. The quantitative estimate of drug-likeness (QED) is 0.124. The lowest BCUT2D eigenvalue weighted by Crippen LogP contribution is -2.62. The number of alkyl halides is 2. The zero-order valence-corrected chi connectivity index (χ0v) is 43.2. The SMILES string of the molecule is C=CC(=O)N1COC2(CCN(C(=O)N(C)[C@H](C(=O)N[C@H]3Cc4cc(C(F)F)cc(n4)-c4ccc5c(c4)c(c(-c4cccnc4[C@H](C)OC)n5CC)CC(C)(C)COC(=O)[C@@H]4CCCN(N4)C3=O)C(C)C)CC2)C1. The third-order valence-corrected chi connectivity index (χ3v) is 14.8. The summed E-state index contributed by atoms with van der Waals surface area (Å²) in [5.74, 6) is -2.46. The van der Waals surface area contributed by atoms with Gasteiger partial charge in [0.1, 0.15) is 24.9 Å². The first-order valence-corrected chi connectivity index (χ1v) is 25.3. The van der Waals surface area contributed by atoms with Crippen LogP contribution in [0.15, 0.2) is 61.3 Å². The van der Waals surface area contributed by atoms with Crippen LogP contribution in [0.5, 0.6) is 0 Å². The molecule has 2 N–H and O–H groups in total. The Kier molecular flexibility index (Phi) is 15.7. The molecule has 4 aliphatic heterocycles. The lowest BCUT2D eigenvalue weighted by atomic mass is 9.84. The Morgan fingerprint density at radius 2 is 1.82 bits per heavy atom. The highest BCUT2D eigenvalue weighted by atomic mass is 19.3. The van der Waals surface area contributed by atoms with E-state index >= 15 is 8.78 Å². The molecule has 5 amide bonds. The number of carbonyl (C=O) groups excluding carboxylic acids is 5. The zero-order valence-electron chi connectivity index (χ0n) is 43.2. The standard InChI is InChI=1S/C54H69F2N9O8/c1-10-44(66)63-29-54(73-31-63)18-22-62(23-19-54)52(70)61(8)46(32(3)4)49(67)59-42-27-36-24-35(48(55)56)26-41(58-36)34-16-17-43-38(25-34)39(47(64(43)11-2)37-14-12-20-57-45(37)33(5)71-9)28-53(6,7)30-72-51(69)40-15-13-21-65(60-40)50(42)68/h10,12,14,16-17,20,24-26,32-33,40,42,46,48,60H,1,11,13,15,18-19,21-23,27-31H2,2-9H3,(H,59,67)/t33-,40-,42-,46-/m0/s1. The molecule has 7 heterocycles. The molecular weight excluding hydrogens is 941 g/mol. The van der Waals surface area contributed by atoms with Crippen LogP contribution in [0, 0.1) is 11.3 Å². The Morgan fingerprint density at radius 1 is 1.07 bits per heavy atom. The van der Waals surface area contributed by atoms with Gasteiger partial charge in [0.05, 0.1) is 41.9 Å². The van der Waals surface area contributed by atoms with E-state index in [1.54, 1.807) is 44.0 Å². The number of aryl methyl sites for hydroxylation is 1. The van der Waals surface area contributed by atoms with Crippen LogP contribution >= 0.6 is 0 Å². The molecule has 17 nitrogen and oxygen atoms in total. The molecule has 0 radical (unpaired) electrons. The molecule has 4 aliphatic rings. The number of urea groups is 1. The van der Waals surface area contributed by atoms with Crippen molar-refractivity contribution in [2.45, 2.75) is 123 Å². The van der Waals surface area contributed by atoms with E-state index in [-0.39, 0.29) is 55.3 Å². The van der Waals surface area contributed by atoms with Crippen LogP contribution in [-0.2, 0) is 52.8 Å². The first kappa shape index (κ1) is 53.0. The van der Waals surface area contributed by atoms with Gasteiger partial charge < -0.3 is 38.8 Å². The van der Waals surface area contributed by atoms with Crippen LogP contribution < -0.4 is 10.7 Å². The summed E-state index contributed by atoms with van der Waals surface area (Å²) in [4.78, 5) is 84.3. The molecule has 19 heteroatoms. The number of ether oxygens (including phenoxy) is 3. The summed E-state index contributed by atoms with van der Waals surface area (Å²) in [6, 6.07) is 8.52. The Labute approximate surface area is 425 Å². The second-order valence-electron chi connectivity index (χ2n) is 21.0. The minimum absolute atomic E-state index is 0.0363. The average Bonchev–Trinajstić information content (AvgIpc) is 3.94. The summed E-state index contributed by atoms with van der Waals surface area (Å²) in [5, 5.41) is 5.05. The van der Waals surface area contributed by atoms with E-state index in [1.807, 2.05) is 51.1 Å². The van der Waals surface area contributed by atoms with E-state index in [9.17, 15) is 24.0 Å². The lowest BCUT2D eigenvalue weighted by Gasteiger charge is -2.41. The number of nitrogens with one attached hydrogen (secondary N) is 2. The van der Waals surface area contributed by atoms with Gasteiger partial charge in [-0.2, -0.15) is 0 Å². The summed E-state index contributed by atoms with van der Waals surface area (Å²) in [7, 11) is 3.18. The van der Waals surface area contributed by atoms with Gasteiger partial charge in [-0.3, -0.25) is 34.2 Å². The number of halogens is 2. The van der Waals surface area contributed by atoms with Crippen molar-refractivity contribution in [3.63, 3.8) is 0 Å². The monoisotopic (exact) mass is 1010 g/mol. The number of cyclic esters (lactones) is 1. The third kappa shape index (κ3) is 11.0. The minimum Gasteiger partial charge on any atom is -0.464 e. The summed E-state index contributed by atoms with van der Waals surface area (Å²) in [5.41, 5.74) is 6.82. The predicted octanol–water partition coefficient (Wildman–Crippen LogP) is 6.99. The summed E-state index contributed by atoms with van der Waals surface area (Å²) in [6.07, 6.45) is 1.64. The van der Waals surface area contributed by atoms with Crippen LogP contribution in [0.2, 0.25) is 0 Å². The normalized spacial score (nSPS) is 21.0. The number of hydrazine groups is 1. The molecule has 1 spiro atoms. The number of amides is 5. The summed E-state index contributed by atoms with van der Waals surface area (Å²) in [6.45, 7) is 17.2. The number of rotatable bonds is 10. The Balaban J connectivity index is 1.17. The first-order chi connectivity index (χ1) is 34.8. The number of aromatic nitrogens is 3. The molecule has 0 aliphatic carbocycles. The number of carbonyl (C=O) groups is 5. The van der Waals surface area contributed by atoms with Gasteiger partial charge in [0.15, 0.2) is 0 Å².